The molecule has 0 spiro atoms. The average molecular weight is 142 g/mol. The maximum Gasteiger partial charge on any atom is 1.00 e. The minimum Gasteiger partial charge on any atom is -1.00 e. The van der Waals surface area contributed by atoms with Gasteiger partial charge in [0, 0.05) is 0 Å². The molecule has 3 N–H and O–H groups in total. The van der Waals surface area contributed by atoms with Crippen LogP contribution in [0.5, 0.6) is 0 Å². The van der Waals surface area contributed by atoms with Crippen LogP contribution >= 0.6 is 19.8 Å². The van der Waals surface area contributed by atoms with Crippen LogP contribution in [0.2, 0.25) is 0 Å². The van der Waals surface area contributed by atoms with Gasteiger partial charge in [-0.05, 0) is 0 Å². The number of hydrogen-bond donors (Lipinski definition) is 1. The van der Waals surface area contributed by atoms with Gasteiger partial charge in [-0.3, -0.25) is 0 Å². The van der Waals surface area contributed by atoms with E-state index in [9.17, 15) is 0 Å². The molecule has 4 heteroatoms. The second-order valence-corrected chi connectivity index (χ2v) is 0. The van der Waals surface area contributed by atoms with Crippen molar-refractivity contribution in [1.82, 2.24) is 6.15 Å². The van der Waals surface area contributed by atoms with Gasteiger partial charge in [-0.25, -0.2) is 0 Å². The molecule has 0 aromatic rings. The van der Waals surface area contributed by atoms with Gasteiger partial charge in [0.2, 0.25) is 0 Å². The van der Waals surface area contributed by atoms with Crippen molar-refractivity contribution in [2.24, 2.45) is 0 Å². The van der Waals surface area contributed by atoms with E-state index in [1.165, 1.54) is 0 Å². The molecule has 0 aliphatic carbocycles. The van der Waals surface area contributed by atoms with Gasteiger partial charge in [0.25, 0.3) is 0 Å². The Morgan fingerprint density at radius 1 is 1.00 bits per heavy atom. The maximum atomic E-state index is 0. The third-order valence-corrected chi connectivity index (χ3v) is 0. The van der Waals surface area contributed by atoms with Crippen molar-refractivity contribution in [3.05, 3.63) is 0 Å². The second-order valence-electron chi connectivity index (χ2n) is 0. The second kappa shape index (κ2) is 31.9. The summed E-state index contributed by atoms with van der Waals surface area (Å²) in [5.74, 6) is 0. The number of rotatable bonds is 0. The molecule has 0 saturated carbocycles. The van der Waals surface area contributed by atoms with E-state index in [1.54, 1.807) is 0 Å². The molecular weight excluding hydrogens is 127 g/mol. The predicted molar refractivity (Wildman–Crippen MR) is 35.1 cm³/mol. The fourth-order valence-electron chi connectivity index (χ4n) is 0. The van der Waals surface area contributed by atoms with Gasteiger partial charge in [-0.2, -0.15) is 19.8 Å². The zero-order valence-corrected chi connectivity index (χ0v) is 9.07. The SMILES string of the molecule is C.N.P.P.[2H-].[K+]. The van der Waals surface area contributed by atoms with Crippen molar-refractivity contribution < 1.29 is 52.8 Å². The van der Waals surface area contributed by atoms with E-state index >= 15 is 0 Å². The van der Waals surface area contributed by atoms with E-state index in [0.717, 1.165) is 0 Å². The van der Waals surface area contributed by atoms with Crippen molar-refractivity contribution >= 4 is 19.8 Å². The standard InChI is InChI=1S/CH4.K.H3N.2H3P.H/h1H4;;3*1H3;/q;+1;;;;-1/i;;;;;1+1. The monoisotopic (exact) mass is 142 g/mol. The van der Waals surface area contributed by atoms with E-state index in [0.29, 0.717) is 0 Å². The summed E-state index contributed by atoms with van der Waals surface area (Å²) in [4.78, 5) is 0. The summed E-state index contributed by atoms with van der Waals surface area (Å²) in [5.41, 5.74) is 0. The van der Waals surface area contributed by atoms with Crippen LogP contribution in [0.3, 0.4) is 0 Å². The Balaban J connectivity index is 0. The molecule has 0 bridgehead atoms. The van der Waals surface area contributed by atoms with Gasteiger partial charge in [-0.15, -0.1) is 0 Å². The molecule has 2 atom stereocenters. The topological polar surface area (TPSA) is 35.0 Å². The Kier molecular flexibility index (Phi) is 328. The van der Waals surface area contributed by atoms with Gasteiger partial charge < -0.3 is 7.58 Å². The molecule has 0 saturated heterocycles. The maximum absolute atomic E-state index is 0. The Bertz CT molecular complexity index is 13.5. The van der Waals surface area contributed by atoms with E-state index in [1.807, 2.05) is 0 Å². The third-order valence-electron chi connectivity index (χ3n) is 0. The third kappa shape index (κ3) is 21.3. The Hall–Kier alpha value is 2.46. The molecule has 0 fully saturated rings. The molecule has 0 radical (unpaired) electrons. The van der Waals surface area contributed by atoms with E-state index < -0.39 is 0 Å². The quantitative estimate of drug-likeness (QED) is 0.309. The van der Waals surface area contributed by atoms with E-state index in [4.69, 9.17) is 0 Å². The van der Waals surface area contributed by atoms with Gasteiger partial charge in [-0.1, -0.05) is 7.43 Å². The molecule has 0 heterocycles. The van der Waals surface area contributed by atoms with Crippen molar-refractivity contribution in [2.75, 3.05) is 0 Å². The molecule has 1 nitrogen and oxygen atoms in total. The van der Waals surface area contributed by atoms with Crippen LogP contribution in [-0.4, -0.2) is 0 Å². The fourth-order valence-corrected chi connectivity index (χ4v) is 0. The minimum absolute atomic E-state index is 0. The molecule has 0 aliphatic rings. The zero-order valence-electron chi connectivity index (χ0n) is 4.12. The van der Waals surface area contributed by atoms with Crippen molar-refractivity contribution in [3.63, 3.8) is 0 Å². The first-order chi connectivity index (χ1) is 0. The molecule has 0 aromatic carbocycles. The van der Waals surface area contributed by atoms with Gasteiger partial charge in [0.05, 0.1) is 0 Å². The summed E-state index contributed by atoms with van der Waals surface area (Å²) in [6.07, 6.45) is 0. The molecule has 0 amide bonds. The number of hydrogen-bond acceptors (Lipinski definition) is 1. The Morgan fingerprint density at radius 3 is 1.00 bits per heavy atom. The summed E-state index contributed by atoms with van der Waals surface area (Å²) in [7, 11) is 0. The average Bonchev–Trinajstić information content (AvgIpc) is 0. The first-order valence-corrected chi connectivity index (χ1v) is 0. The van der Waals surface area contributed by atoms with Gasteiger partial charge in [0.1, 0.15) is 0 Å². The summed E-state index contributed by atoms with van der Waals surface area (Å²) in [6.45, 7) is 0. The summed E-state index contributed by atoms with van der Waals surface area (Å²) < 4.78 is 0. The molecule has 2 unspecified atom stereocenters. The van der Waals surface area contributed by atoms with Crippen LogP contribution in [0.15, 0.2) is 0 Å². The molecule has 0 aliphatic heterocycles. The largest absolute Gasteiger partial charge is 1.00 e. The fraction of sp³-hybridized carbons (Fsp3) is 1.00. The first kappa shape index (κ1) is 51.5. The van der Waals surface area contributed by atoms with Gasteiger partial charge in [0.15, 0.2) is 0 Å². The van der Waals surface area contributed by atoms with Crippen LogP contribution in [0.25, 0.3) is 0 Å². The predicted octanol–water partition coefficient (Wildman–Crippen LogP) is -1.97. The summed E-state index contributed by atoms with van der Waals surface area (Å²) >= 11 is 0. The molecule has 0 rings (SSSR count). The van der Waals surface area contributed by atoms with Crippen LogP contribution in [0.4, 0.5) is 0 Å². The molecule has 0 aromatic heterocycles. The zero-order chi connectivity index (χ0) is 0. The molecule has 5 heavy (non-hydrogen) atoms. The molecular formula is CH14KNP2. The van der Waals surface area contributed by atoms with Crippen LogP contribution in [-0.2, 0) is 0 Å². The van der Waals surface area contributed by atoms with Crippen LogP contribution < -0.4 is 57.5 Å². The first-order valence-electron chi connectivity index (χ1n) is 0. The van der Waals surface area contributed by atoms with Crippen molar-refractivity contribution in [3.8, 4) is 0 Å². The minimum atomic E-state index is 0. The smallest absolute Gasteiger partial charge is 1.00 e. The van der Waals surface area contributed by atoms with Gasteiger partial charge >= 0.3 is 51.4 Å². The van der Waals surface area contributed by atoms with Crippen molar-refractivity contribution in [2.45, 2.75) is 7.43 Å². The van der Waals surface area contributed by atoms with Crippen LogP contribution in [0, 0.1) is 0 Å². The van der Waals surface area contributed by atoms with Crippen molar-refractivity contribution in [1.29, 1.82) is 0 Å². The van der Waals surface area contributed by atoms with E-state index in [-0.39, 0.29) is 86.2 Å². The Morgan fingerprint density at radius 2 is 1.00 bits per heavy atom. The summed E-state index contributed by atoms with van der Waals surface area (Å²) in [6, 6.07) is 0. The van der Waals surface area contributed by atoms with Crippen LogP contribution in [0.1, 0.15) is 8.85 Å². The normalized spacial score (nSPS) is 0. The molecule has 34 valence electrons. The Labute approximate surface area is 84.8 Å². The summed E-state index contributed by atoms with van der Waals surface area (Å²) in [5, 5.41) is 0. The van der Waals surface area contributed by atoms with E-state index in [2.05, 4.69) is 0 Å².